The lowest BCUT2D eigenvalue weighted by Crippen LogP contribution is -2.14. The third-order valence-electron chi connectivity index (χ3n) is 3.66. The number of anilines is 1. The summed E-state index contributed by atoms with van der Waals surface area (Å²) in [5.41, 5.74) is 0.733. The first-order valence-corrected chi connectivity index (χ1v) is 10.1. The third-order valence-corrected chi connectivity index (χ3v) is 6.37. The summed E-state index contributed by atoms with van der Waals surface area (Å²) in [4.78, 5) is 12.3. The molecule has 0 unspecified atom stereocenters. The third kappa shape index (κ3) is 4.01. The maximum Gasteiger partial charge on any atom is 0.224 e. The Morgan fingerprint density at radius 2 is 1.83 bits per heavy atom. The highest BCUT2D eigenvalue weighted by atomic mass is 32.2. The van der Waals surface area contributed by atoms with E-state index in [0.717, 1.165) is 11.1 Å². The predicted molar refractivity (Wildman–Crippen MR) is 98.2 cm³/mol. The smallest absolute Gasteiger partial charge is 0.224 e. The molecule has 0 aliphatic rings. The van der Waals surface area contributed by atoms with Crippen LogP contribution >= 0.6 is 11.3 Å². The molecule has 0 atom stereocenters. The Morgan fingerprint density at radius 3 is 2.62 bits per heavy atom. The van der Waals surface area contributed by atoms with Gasteiger partial charge in [-0.05, 0) is 53.6 Å². The van der Waals surface area contributed by atoms with Crippen molar-refractivity contribution in [1.82, 2.24) is 0 Å². The van der Waals surface area contributed by atoms with Gasteiger partial charge < -0.3 is 5.32 Å². The van der Waals surface area contributed by atoms with Crippen molar-refractivity contribution in [2.45, 2.75) is 17.7 Å². The summed E-state index contributed by atoms with van der Waals surface area (Å²) in [6, 6.07) is 16.1. The number of sulfone groups is 1. The molecule has 124 valence electrons. The van der Waals surface area contributed by atoms with Crippen LogP contribution in [-0.2, 0) is 14.6 Å². The molecule has 1 aromatic heterocycles. The van der Waals surface area contributed by atoms with Crippen LogP contribution in [0.2, 0.25) is 0 Å². The molecule has 2 aromatic carbocycles. The number of benzene rings is 2. The molecule has 0 fully saturated rings. The maximum atomic E-state index is 12.2. The molecule has 4 nitrogen and oxygen atoms in total. The van der Waals surface area contributed by atoms with Crippen molar-refractivity contribution in [3.63, 3.8) is 0 Å². The first-order valence-electron chi connectivity index (χ1n) is 7.59. The van der Waals surface area contributed by atoms with Gasteiger partial charge in [0.05, 0.1) is 10.6 Å². The zero-order valence-electron chi connectivity index (χ0n) is 12.9. The molecule has 3 aromatic rings. The molecule has 1 N–H and O–H groups in total. The molecule has 0 spiro atoms. The number of thiophene rings is 1. The quantitative estimate of drug-likeness (QED) is 0.721. The van der Waals surface area contributed by atoms with Crippen molar-refractivity contribution in [3.8, 4) is 0 Å². The number of amides is 1. The average molecular weight is 359 g/mol. The number of hydrogen-bond acceptors (Lipinski definition) is 4. The van der Waals surface area contributed by atoms with E-state index in [4.69, 9.17) is 0 Å². The van der Waals surface area contributed by atoms with Crippen LogP contribution < -0.4 is 5.32 Å². The van der Waals surface area contributed by atoms with Gasteiger partial charge in [-0.2, -0.15) is 0 Å². The Balaban J connectivity index is 1.54. The van der Waals surface area contributed by atoms with Crippen LogP contribution in [0, 0.1) is 0 Å². The van der Waals surface area contributed by atoms with Crippen LogP contribution in [0.5, 0.6) is 0 Å². The van der Waals surface area contributed by atoms with E-state index in [0.29, 0.717) is 11.3 Å². The van der Waals surface area contributed by atoms with Gasteiger partial charge in [-0.15, -0.1) is 11.3 Å². The van der Waals surface area contributed by atoms with Gasteiger partial charge in [0.25, 0.3) is 0 Å². The van der Waals surface area contributed by atoms with Crippen LogP contribution in [0.1, 0.15) is 12.8 Å². The fraction of sp³-hybridized carbons (Fsp3) is 0.167. The SMILES string of the molecule is O=C(CCCS(=O)(=O)c1ccccc1)Nc1ccc2sccc2c1. The molecule has 0 saturated carbocycles. The van der Waals surface area contributed by atoms with E-state index in [2.05, 4.69) is 5.32 Å². The van der Waals surface area contributed by atoms with Crippen molar-refractivity contribution >= 4 is 42.9 Å². The van der Waals surface area contributed by atoms with Gasteiger partial charge in [-0.1, -0.05) is 18.2 Å². The zero-order chi connectivity index (χ0) is 17.0. The maximum absolute atomic E-state index is 12.2. The average Bonchev–Trinajstić information content (AvgIpc) is 3.03. The van der Waals surface area contributed by atoms with E-state index in [-0.39, 0.29) is 18.1 Å². The van der Waals surface area contributed by atoms with E-state index in [1.807, 2.05) is 29.6 Å². The van der Waals surface area contributed by atoms with Crippen molar-refractivity contribution in [1.29, 1.82) is 0 Å². The Hall–Kier alpha value is -2.18. The lowest BCUT2D eigenvalue weighted by molar-refractivity contribution is -0.116. The first-order chi connectivity index (χ1) is 11.5. The second kappa shape index (κ2) is 7.15. The number of hydrogen-bond donors (Lipinski definition) is 1. The molecule has 0 aliphatic heterocycles. The van der Waals surface area contributed by atoms with Crippen molar-refractivity contribution in [3.05, 3.63) is 60.0 Å². The monoisotopic (exact) mass is 359 g/mol. The molecule has 3 rings (SSSR count). The highest BCUT2D eigenvalue weighted by molar-refractivity contribution is 7.91. The number of carbonyl (C=O) groups excluding carboxylic acids is 1. The standard InChI is InChI=1S/C18H17NO3S2/c20-18(19-15-8-9-17-14(13-15)10-11-23-17)7-4-12-24(21,22)16-5-2-1-3-6-16/h1-3,5-6,8-11,13H,4,7,12H2,(H,19,20). The number of fused-ring (bicyclic) bond motifs is 1. The second-order valence-electron chi connectivity index (χ2n) is 5.46. The van der Waals surface area contributed by atoms with E-state index in [1.165, 1.54) is 4.70 Å². The van der Waals surface area contributed by atoms with Crippen molar-refractivity contribution < 1.29 is 13.2 Å². The molecule has 0 aliphatic carbocycles. The van der Waals surface area contributed by atoms with Crippen LogP contribution in [0.15, 0.2) is 64.9 Å². The van der Waals surface area contributed by atoms with Crippen molar-refractivity contribution in [2.75, 3.05) is 11.1 Å². The molecule has 0 saturated heterocycles. The van der Waals surface area contributed by atoms with Crippen molar-refractivity contribution in [2.24, 2.45) is 0 Å². The van der Waals surface area contributed by atoms with E-state index < -0.39 is 9.84 Å². The number of nitrogens with one attached hydrogen (secondary N) is 1. The van der Waals surface area contributed by atoms with E-state index >= 15 is 0 Å². The molecular formula is C18H17NO3S2. The number of rotatable bonds is 6. The minimum absolute atomic E-state index is 0.0337. The lowest BCUT2D eigenvalue weighted by atomic mass is 10.2. The molecule has 24 heavy (non-hydrogen) atoms. The van der Waals surface area contributed by atoms with Crippen LogP contribution in [0.3, 0.4) is 0 Å². The van der Waals surface area contributed by atoms with Gasteiger partial charge in [0.15, 0.2) is 9.84 Å². The summed E-state index contributed by atoms with van der Waals surface area (Å²) in [7, 11) is -3.33. The Kier molecular flexibility index (Phi) is 4.97. The minimum atomic E-state index is -3.33. The van der Waals surface area contributed by atoms with Gasteiger partial charge in [0.2, 0.25) is 5.91 Å². The largest absolute Gasteiger partial charge is 0.326 e. The van der Waals surface area contributed by atoms with Gasteiger partial charge in [0, 0.05) is 16.8 Å². The van der Waals surface area contributed by atoms with Crippen LogP contribution in [0.25, 0.3) is 10.1 Å². The van der Waals surface area contributed by atoms with Gasteiger partial charge in [0.1, 0.15) is 0 Å². The predicted octanol–water partition coefficient (Wildman–Crippen LogP) is 4.09. The first kappa shape index (κ1) is 16.7. The summed E-state index contributed by atoms with van der Waals surface area (Å²) >= 11 is 1.65. The molecule has 0 bridgehead atoms. The summed E-state index contributed by atoms with van der Waals surface area (Å²) in [5.74, 6) is -0.207. The molecule has 0 radical (unpaired) electrons. The Bertz CT molecular complexity index is 947. The molecule has 1 amide bonds. The number of carbonyl (C=O) groups is 1. The zero-order valence-corrected chi connectivity index (χ0v) is 14.6. The molecule has 1 heterocycles. The topological polar surface area (TPSA) is 63.2 Å². The second-order valence-corrected chi connectivity index (χ2v) is 8.51. The van der Waals surface area contributed by atoms with Gasteiger partial charge >= 0.3 is 0 Å². The van der Waals surface area contributed by atoms with E-state index in [1.54, 1.807) is 41.7 Å². The summed E-state index contributed by atoms with van der Waals surface area (Å²) in [6.45, 7) is 0. The Labute approximate surface area is 145 Å². The summed E-state index contributed by atoms with van der Waals surface area (Å²) in [5, 5.41) is 5.91. The Morgan fingerprint density at radius 1 is 1.04 bits per heavy atom. The summed E-state index contributed by atoms with van der Waals surface area (Å²) < 4.78 is 25.5. The normalized spacial score (nSPS) is 11.5. The fourth-order valence-corrected chi connectivity index (χ4v) is 4.54. The summed E-state index contributed by atoms with van der Waals surface area (Å²) in [6.07, 6.45) is 0.470. The van der Waals surface area contributed by atoms with Gasteiger partial charge in [-0.25, -0.2) is 8.42 Å². The minimum Gasteiger partial charge on any atom is -0.326 e. The lowest BCUT2D eigenvalue weighted by Gasteiger charge is -2.06. The van der Waals surface area contributed by atoms with Crippen LogP contribution in [0.4, 0.5) is 5.69 Å². The highest BCUT2D eigenvalue weighted by Crippen LogP contribution is 2.24. The highest BCUT2D eigenvalue weighted by Gasteiger charge is 2.14. The van der Waals surface area contributed by atoms with Crippen LogP contribution in [-0.4, -0.2) is 20.1 Å². The van der Waals surface area contributed by atoms with Gasteiger partial charge in [-0.3, -0.25) is 4.79 Å². The fourth-order valence-electron chi connectivity index (χ4n) is 2.44. The molecule has 6 heteroatoms. The molecular weight excluding hydrogens is 342 g/mol. The van der Waals surface area contributed by atoms with E-state index in [9.17, 15) is 13.2 Å².